The Morgan fingerprint density at radius 1 is 1.48 bits per heavy atom. The van der Waals surface area contributed by atoms with Crippen LogP contribution in [0.5, 0.6) is 0 Å². The SMILES string of the molecule is CC(C)[C@](C)(C#N)NC(=O)[C@@H](C)Sc1nnc(C2CC2)n1Cc1ccco1. The zero-order valence-corrected chi connectivity index (χ0v) is 16.9. The third kappa shape index (κ3) is 4.35. The summed E-state index contributed by atoms with van der Waals surface area (Å²) in [5.74, 6) is 2.04. The Bertz CT molecular complexity index is 835. The number of carbonyl (C=O) groups excluding carboxylic acids is 1. The first-order valence-corrected chi connectivity index (χ1v) is 10.1. The van der Waals surface area contributed by atoms with E-state index in [-0.39, 0.29) is 11.8 Å². The Kier molecular flexibility index (Phi) is 5.61. The Morgan fingerprint density at radius 3 is 2.78 bits per heavy atom. The van der Waals surface area contributed by atoms with Crippen molar-refractivity contribution in [2.24, 2.45) is 5.92 Å². The smallest absolute Gasteiger partial charge is 0.234 e. The van der Waals surface area contributed by atoms with Crippen LogP contribution in [-0.4, -0.2) is 31.5 Å². The third-order valence-corrected chi connectivity index (χ3v) is 6.08. The van der Waals surface area contributed by atoms with Crippen molar-refractivity contribution in [2.45, 2.75) is 68.9 Å². The monoisotopic (exact) mass is 387 g/mol. The fourth-order valence-corrected chi connectivity index (χ4v) is 3.46. The van der Waals surface area contributed by atoms with Crippen molar-refractivity contribution < 1.29 is 9.21 Å². The van der Waals surface area contributed by atoms with Gasteiger partial charge < -0.3 is 9.73 Å². The summed E-state index contributed by atoms with van der Waals surface area (Å²) in [6.07, 6.45) is 3.88. The van der Waals surface area contributed by atoms with E-state index in [1.54, 1.807) is 13.2 Å². The van der Waals surface area contributed by atoms with Gasteiger partial charge in [-0.3, -0.25) is 9.36 Å². The second-order valence-electron chi connectivity index (χ2n) is 7.50. The van der Waals surface area contributed by atoms with Crippen molar-refractivity contribution in [3.05, 3.63) is 30.0 Å². The van der Waals surface area contributed by atoms with Crippen LogP contribution in [0.2, 0.25) is 0 Å². The molecule has 0 aliphatic heterocycles. The number of hydrogen-bond acceptors (Lipinski definition) is 6. The lowest BCUT2D eigenvalue weighted by atomic mass is 9.90. The van der Waals surface area contributed by atoms with Gasteiger partial charge in [0.05, 0.1) is 24.1 Å². The molecule has 8 heteroatoms. The second-order valence-corrected chi connectivity index (χ2v) is 8.81. The molecule has 1 fully saturated rings. The number of thioether (sulfide) groups is 1. The zero-order valence-electron chi connectivity index (χ0n) is 16.1. The van der Waals surface area contributed by atoms with Crippen molar-refractivity contribution in [3.63, 3.8) is 0 Å². The molecule has 0 radical (unpaired) electrons. The largest absolute Gasteiger partial charge is 0.467 e. The maximum atomic E-state index is 12.6. The van der Waals surface area contributed by atoms with Gasteiger partial charge in [-0.25, -0.2) is 0 Å². The topological polar surface area (TPSA) is 96.7 Å². The molecule has 1 aliphatic rings. The number of amides is 1. The van der Waals surface area contributed by atoms with E-state index in [1.165, 1.54) is 11.8 Å². The number of hydrogen-bond donors (Lipinski definition) is 1. The molecule has 0 unspecified atom stereocenters. The maximum Gasteiger partial charge on any atom is 0.234 e. The molecule has 0 spiro atoms. The third-order valence-electron chi connectivity index (χ3n) is 5.00. The lowest BCUT2D eigenvalue weighted by Gasteiger charge is -2.28. The molecule has 0 aromatic carbocycles. The minimum Gasteiger partial charge on any atom is -0.467 e. The Labute approximate surface area is 163 Å². The van der Waals surface area contributed by atoms with E-state index in [1.807, 2.05) is 37.5 Å². The van der Waals surface area contributed by atoms with Crippen LogP contribution in [0.3, 0.4) is 0 Å². The molecule has 2 heterocycles. The van der Waals surface area contributed by atoms with Crippen molar-refractivity contribution >= 4 is 17.7 Å². The Morgan fingerprint density at radius 2 is 2.22 bits per heavy atom. The number of nitrogens with one attached hydrogen (secondary N) is 1. The molecule has 0 bridgehead atoms. The van der Waals surface area contributed by atoms with Gasteiger partial charge in [0.25, 0.3) is 0 Å². The van der Waals surface area contributed by atoms with Gasteiger partial charge >= 0.3 is 0 Å². The summed E-state index contributed by atoms with van der Waals surface area (Å²) in [4.78, 5) is 12.6. The van der Waals surface area contributed by atoms with E-state index in [0.717, 1.165) is 24.4 Å². The molecular weight excluding hydrogens is 362 g/mol. The van der Waals surface area contributed by atoms with Gasteiger partial charge in [-0.2, -0.15) is 5.26 Å². The molecule has 2 atom stereocenters. The molecule has 1 N–H and O–H groups in total. The fraction of sp³-hybridized carbons (Fsp3) is 0.579. The van der Waals surface area contributed by atoms with E-state index < -0.39 is 10.8 Å². The average molecular weight is 388 g/mol. The lowest BCUT2D eigenvalue weighted by Crippen LogP contribution is -2.51. The summed E-state index contributed by atoms with van der Waals surface area (Å²) >= 11 is 1.36. The van der Waals surface area contributed by atoms with Crippen molar-refractivity contribution in [1.29, 1.82) is 5.26 Å². The summed E-state index contributed by atoms with van der Waals surface area (Å²) in [5, 5.41) is 21.3. The molecule has 1 amide bonds. The van der Waals surface area contributed by atoms with Crippen LogP contribution < -0.4 is 5.32 Å². The van der Waals surface area contributed by atoms with Gasteiger partial charge in [0.15, 0.2) is 5.16 Å². The predicted octanol–water partition coefficient (Wildman–Crippen LogP) is 3.33. The van der Waals surface area contributed by atoms with Crippen LogP contribution in [-0.2, 0) is 11.3 Å². The first-order valence-electron chi connectivity index (χ1n) is 9.19. The summed E-state index contributed by atoms with van der Waals surface area (Å²) < 4.78 is 7.51. The molecule has 2 aromatic heterocycles. The molecule has 7 nitrogen and oxygen atoms in total. The zero-order chi connectivity index (χ0) is 19.6. The average Bonchev–Trinajstić information content (AvgIpc) is 3.21. The van der Waals surface area contributed by atoms with Gasteiger partial charge in [-0.05, 0) is 44.7 Å². The van der Waals surface area contributed by atoms with Crippen LogP contribution in [0.1, 0.15) is 58.0 Å². The number of nitriles is 1. The van der Waals surface area contributed by atoms with Crippen molar-refractivity contribution in [2.75, 3.05) is 0 Å². The standard InChI is InChI=1S/C19H25N5O2S/c1-12(2)19(4,11-20)21-17(25)13(3)27-18-23-22-16(14-7-8-14)24(18)10-15-6-5-9-26-15/h5-6,9,12-14H,7-8,10H2,1-4H3,(H,21,25)/t13-,19+/m1/s1. The van der Waals surface area contributed by atoms with Crippen molar-refractivity contribution in [1.82, 2.24) is 20.1 Å². The quantitative estimate of drug-likeness (QED) is 0.698. The normalized spacial score (nSPS) is 17.3. The van der Waals surface area contributed by atoms with Gasteiger partial charge in [-0.15, -0.1) is 10.2 Å². The predicted molar refractivity (Wildman–Crippen MR) is 102 cm³/mol. The molecule has 1 saturated carbocycles. The number of rotatable bonds is 8. The first-order chi connectivity index (χ1) is 12.8. The van der Waals surface area contributed by atoms with Gasteiger partial charge in [-0.1, -0.05) is 25.6 Å². The van der Waals surface area contributed by atoms with Crippen LogP contribution in [0.4, 0.5) is 0 Å². The highest BCUT2D eigenvalue weighted by atomic mass is 32.2. The number of furan rings is 1. The summed E-state index contributed by atoms with van der Waals surface area (Å²) in [7, 11) is 0. The van der Waals surface area contributed by atoms with Gasteiger partial charge in [0.2, 0.25) is 5.91 Å². The van der Waals surface area contributed by atoms with Crippen LogP contribution in [0.15, 0.2) is 28.0 Å². The Balaban J connectivity index is 1.75. The number of carbonyl (C=O) groups is 1. The molecular formula is C19H25N5O2S. The molecule has 3 rings (SSSR count). The second kappa shape index (κ2) is 7.77. The molecule has 1 aliphatic carbocycles. The fourth-order valence-electron chi connectivity index (χ4n) is 2.61. The highest BCUT2D eigenvalue weighted by Gasteiger charge is 2.34. The minimum absolute atomic E-state index is 0.00715. The lowest BCUT2D eigenvalue weighted by molar-refractivity contribution is -0.121. The van der Waals surface area contributed by atoms with Gasteiger partial charge in [0.1, 0.15) is 17.1 Å². The molecule has 27 heavy (non-hydrogen) atoms. The van der Waals surface area contributed by atoms with E-state index in [9.17, 15) is 10.1 Å². The molecule has 144 valence electrons. The molecule has 2 aromatic rings. The highest BCUT2D eigenvalue weighted by Crippen LogP contribution is 2.40. The summed E-state index contributed by atoms with van der Waals surface area (Å²) in [5.41, 5.74) is -0.896. The van der Waals surface area contributed by atoms with E-state index in [4.69, 9.17) is 4.42 Å². The maximum absolute atomic E-state index is 12.6. The highest BCUT2D eigenvalue weighted by molar-refractivity contribution is 8.00. The Hall–Kier alpha value is -2.27. The van der Waals surface area contributed by atoms with Crippen LogP contribution in [0.25, 0.3) is 0 Å². The van der Waals surface area contributed by atoms with Crippen LogP contribution >= 0.6 is 11.8 Å². The molecule has 0 saturated heterocycles. The first kappa shape index (κ1) is 19.5. The van der Waals surface area contributed by atoms with E-state index in [2.05, 4.69) is 21.6 Å². The minimum atomic E-state index is -0.896. The number of aromatic nitrogens is 3. The van der Waals surface area contributed by atoms with Crippen molar-refractivity contribution in [3.8, 4) is 6.07 Å². The van der Waals surface area contributed by atoms with E-state index in [0.29, 0.717) is 17.6 Å². The summed E-state index contributed by atoms with van der Waals surface area (Å²) in [6, 6.07) is 5.98. The summed E-state index contributed by atoms with van der Waals surface area (Å²) in [6.45, 7) is 7.95. The number of nitrogens with zero attached hydrogens (tertiary/aromatic N) is 4. The van der Waals surface area contributed by atoms with E-state index >= 15 is 0 Å². The van der Waals surface area contributed by atoms with Crippen LogP contribution in [0, 0.1) is 17.2 Å². The van der Waals surface area contributed by atoms with Gasteiger partial charge in [0, 0.05) is 5.92 Å².